The Balaban J connectivity index is 2.43. The van der Waals surface area contributed by atoms with E-state index in [9.17, 15) is 4.79 Å². The molecule has 2 aromatic rings. The van der Waals surface area contributed by atoms with Gasteiger partial charge in [0.05, 0.1) is 29.2 Å². The zero-order valence-electron chi connectivity index (χ0n) is 10.2. The van der Waals surface area contributed by atoms with E-state index in [1.165, 1.54) is 6.20 Å². The molecule has 4 nitrogen and oxygen atoms in total. The topological polar surface area (TPSA) is 44.1 Å². The van der Waals surface area contributed by atoms with Crippen molar-refractivity contribution in [1.29, 1.82) is 0 Å². The molecule has 0 fully saturated rings. The lowest BCUT2D eigenvalue weighted by Crippen LogP contribution is -2.07. The molecule has 0 amide bonds. The Kier molecular flexibility index (Phi) is 3.67. The van der Waals surface area contributed by atoms with Gasteiger partial charge in [0.2, 0.25) is 0 Å². The van der Waals surface area contributed by atoms with Crippen molar-refractivity contribution in [2.45, 2.75) is 13.8 Å². The summed E-state index contributed by atoms with van der Waals surface area (Å²) in [5.74, 6) is -0.367. The minimum absolute atomic E-state index is 0.343. The smallest absolute Gasteiger partial charge is 0.341 e. The molecule has 0 spiro atoms. The second kappa shape index (κ2) is 5.23. The van der Waals surface area contributed by atoms with E-state index < -0.39 is 0 Å². The Morgan fingerprint density at radius 2 is 2.17 bits per heavy atom. The van der Waals surface area contributed by atoms with E-state index in [0.717, 1.165) is 5.69 Å². The summed E-state index contributed by atoms with van der Waals surface area (Å²) in [5, 5.41) is 4.76. The number of aromatic nitrogens is 2. The van der Waals surface area contributed by atoms with Crippen molar-refractivity contribution in [1.82, 2.24) is 9.78 Å². The molecule has 0 saturated heterocycles. The lowest BCUT2D eigenvalue weighted by Gasteiger charge is -2.07. The van der Waals surface area contributed by atoms with Gasteiger partial charge in [0.1, 0.15) is 5.56 Å². The largest absolute Gasteiger partial charge is 0.462 e. The third kappa shape index (κ3) is 2.24. The van der Waals surface area contributed by atoms with Gasteiger partial charge in [-0.05, 0) is 26.0 Å². The summed E-state index contributed by atoms with van der Waals surface area (Å²) >= 11 is 6.10. The Bertz CT molecular complexity index is 578. The van der Waals surface area contributed by atoms with E-state index in [2.05, 4.69) is 5.10 Å². The van der Waals surface area contributed by atoms with Crippen LogP contribution in [-0.2, 0) is 4.74 Å². The monoisotopic (exact) mass is 264 g/mol. The average molecular weight is 265 g/mol. The molecule has 0 bridgehead atoms. The van der Waals surface area contributed by atoms with E-state index in [4.69, 9.17) is 16.3 Å². The first-order valence-electron chi connectivity index (χ1n) is 5.61. The van der Waals surface area contributed by atoms with Crippen molar-refractivity contribution in [2.75, 3.05) is 6.61 Å². The zero-order valence-corrected chi connectivity index (χ0v) is 10.9. The number of ether oxygens (including phenoxy) is 1. The minimum atomic E-state index is -0.367. The lowest BCUT2D eigenvalue weighted by atomic mass is 10.2. The van der Waals surface area contributed by atoms with Gasteiger partial charge in [-0.2, -0.15) is 5.10 Å². The molecule has 1 heterocycles. The molecule has 18 heavy (non-hydrogen) atoms. The molecule has 5 heteroatoms. The molecule has 0 unspecified atom stereocenters. The van der Waals surface area contributed by atoms with E-state index in [1.54, 1.807) is 17.7 Å². The zero-order chi connectivity index (χ0) is 13.1. The molecule has 94 valence electrons. The summed E-state index contributed by atoms with van der Waals surface area (Å²) in [5.41, 5.74) is 1.91. The maximum Gasteiger partial charge on any atom is 0.341 e. The van der Waals surface area contributed by atoms with Crippen LogP contribution in [0.25, 0.3) is 5.69 Å². The number of carbonyl (C=O) groups is 1. The fraction of sp³-hybridized carbons (Fsp3) is 0.231. The molecule has 0 aliphatic rings. The molecule has 2 rings (SSSR count). The minimum Gasteiger partial charge on any atom is -0.462 e. The molecule has 0 radical (unpaired) electrons. The predicted molar refractivity (Wildman–Crippen MR) is 69.3 cm³/mol. The number of nitrogens with zero attached hydrogens (tertiary/aromatic N) is 2. The van der Waals surface area contributed by atoms with Gasteiger partial charge in [-0.15, -0.1) is 0 Å². The number of esters is 1. The first-order valence-corrected chi connectivity index (χ1v) is 5.99. The normalized spacial score (nSPS) is 10.4. The van der Waals surface area contributed by atoms with Gasteiger partial charge in [0.25, 0.3) is 0 Å². The standard InChI is InChI=1S/C13H13ClN2O2/c1-3-18-13(17)10-8-15-16(9(10)2)12-7-5-4-6-11(12)14/h4-8H,3H2,1-2H3. The average Bonchev–Trinajstić information content (AvgIpc) is 2.72. The summed E-state index contributed by atoms with van der Waals surface area (Å²) in [6, 6.07) is 7.34. The number of hydrogen-bond acceptors (Lipinski definition) is 3. The highest BCUT2D eigenvalue weighted by Gasteiger charge is 2.16. The fourth-order valence-electron chi connectivity index (χ4n) is 1.69. The number of halogens is 1. The van der Waals surface area contributed by atoms with Crippen LogP contribution in [0.1, 0.15) is 23.0 Å². The molecule has 1 aromatic heterocycles. The maximum atomic E-state index is 11.7. The highest BCUT2D eigenvalue weighted by atomic mass is 35.5. The number of hydrogen-bond donors (Lipinski definition) is 0. The van der Waals surface area contributed by atoms with Crippen LogP contribution in [0.4, 0.5) is 0 Å². The third-order valence-corrected chi connectivity index (χ3v) is 2.91. The van der Waals surface area contributed by atoms with Gasteiger partial charge in [-0.1, -0.05) is 23.7 Å². The van der Waals surface area contributed by atoms with E-state index in [-0.39, 0.29) is 5.97 Å². The Hall–Kier alpha value is -1.81. The molecule has 0 aliphatic carbocycles. The predicted octanol–water partition coefficient (Wildman–Crippen LogP) is 3.01. The summed E-state index contributed by atoms with van der Waals surface area (Å²) in [6.07, 6.45) is 1.50. The van der Waals surface area contributed by atoms with Gasteiger partial charge in [-0.25, -0.2) is 9.48 Å². The van der Waals surface area contributed by atoms with Crippen LogP contribution in [-0.4, -0.2) is 22.4 Å². The van der Waals surface area contributed by atoms with Gasteiger partial charge >= 0.3 is 5.97 Å². The Labute approximate surface area is 110 Å². The molecule has 0 saturated carbocycles. The summed E-state index contributed by atoms with van der Waals surface area (Å²) < 4.78 is 6.60. The van der Waals surface area contributed by atoms with Gasteiger partial charge < -0.3 is 4.74 Å². The maximum absolute atomic E-state index is 11.7. The first kappa shape index (κ1) is 12.6. The molecular formula is C13H13ClN2O2. The molecule has 0 aliphatic heterocycles. The van der Waals surface area contributed by atoms with Crippen LogP contribution < -0.4 is 0 Å². The van der Waals surface area contributed by atoms with E-state index in [0.29, 0.717) is 22.9 Å². The summed E-state index contributed by atoms with van der Waals surface area (Å²) in [6.45, 7) is 3.92. The molecular weight excluding hydrogens is 252 g/mol. The van der Waals surface area contributed by atoms with Crippen molar-refractivity contribution in [3.8, 4) is 5.69 Å². The van der Waals surface area contributed by atoms with Gasteiger partial charge in [-0.3, -0.25) is 0 Å². The van der Waals surface area contributed by atoms with Crippen molar-refractivity contribution >= 4 is 17.6 Å². The van der Waals surface area contributed by atoms with Crippen LogP contribution in [0.15, 0.2) is 30.5 Å². The highest BCUT2D eigenvalue weighted by Crippen LogP contribution is 2.22. The number of rotatable bonds is 3. The summed E-state index contributed by atoms with van der Waals surface area (Å²) in [7, 11) is 0. The molecule has 1 aromatic carbocycles. The van der Waals surface area contributed by atoms with Crippen LogP contribution in [0.2, 0.25) is 5.02 Å². The van der Waals surface area contributed by atoms with Crippen LogP contribution in [0, 0.1) is 6.92 Å². The number of benzene rings is 1. The van der Waals surface area contributed by atoms with E-state index >= 15 is 0 Å². The highest BCUT2D eigenvalue weighted by molar-refractivity contribution is 6.32. The number of para-hydroxylation sites is 1. The Morgan fingerprint density at radius 1 is 1.44 bits per heavy atom. The second-order valence-corrected chi connectivity index (χ2v) is 4.13. The van der Waals surface area contributed by atoms with E-state index in [1.807, 2.05) is 25.1 Å². The van der Waals surface area contributed by atoms with Crippen LogP contribution >= 0.6 is 11.6 Å². The van der Waals surface area contributed by atoms with Gasteiger partial charge in [0.15, 0.2) is 0 Å². The fourth-order valence-corrected chi connectivity index (χ4v) is 1.90. The van der Waals surface area contributed by atoms with Crippen LogP contribution in [0.3, 0.4) is 0 Å². The molecule has 0 N–H and O–H groups in total. The number of carbonyl (C=O) groups excluding carboxylic acids is 1. The lowest BCUT2D eigenvalue weighted by molar-refractivity contribution is 0.0525. The van der Waals surface area contributed by atoms with Crippen molar-refractivity contribution in [3.63, 3.8) is 0 Å². The van der Waals surface area contributed by atoms with Gasteiger partial charge in [0, 0.05) is 0 Å². The Morgan fingerprint density at radius 3 is 2.83 bits per heavy atom. The SMILES string of the molecule is CCOC(=O)c1cnn(-c2ccccc2Cl)c1C. The second-order valence-electron chi connectivity index (χ2n) is 3.73. The van der Waals surface area contributed by atoms with Crippen molar-refractivity contribution in [3.05, 3.63) is 46.7 Å². The van der Waals surface area contributed by atoms with Crippen molar-refractivity contribution < 1.29 is 9.53 Å². The summed E-state index contributed by atoms with van der Waals surface area (Å²) in [4.78, 5) is 11.7. The van der Waals surface area contributed by atoms with Crippen LogP contribution in [0.5, 0.6) is 0 Å². The van der Waals surface area contributed by atoms with Crippen molar-refractivity contribution in [2.24, 2.45) is 0 Å². The quantitative estimate of drug-likeness (QED) is 0.801. The molecule has 0 atom stereocenters. The third-order valence-electron chi connectivity index (χ3n) is 2.59. The first-order chi connectivity index (χ1) is 8.65.